The molecule has 1 aliphatic carbocycles. The smallest absolute Gasteiger partial charge is 0.168 e. The number of carbonyl (C=O) groups excluding carboxylic acids is 1. The lowest BCUT2D eigenvalue weighted by molar-refractivity contribution is -0.131. The summed E-state index contributed by atoms with van der Waals surface area (Å²) in [5.74, 6) is 0.184. The third-order valence-corrected chi connectivity index (χ3v) is 3.67. The van der Waals surface area contributed by atoms with E-state index in [9.17, 15) is 4.79 Å². The van der Waals surface area contributed by atoms with E-state index >= 15 is 0 Å². The number of ether oxygens (including phenoxy) is 1. The van der Waals surface area contributed by atoms with E-state index in [1.54, 1.807) is 7.11 Å². The Morgan fingerprint density at radius 1 is 1.38 bits per heavy atom. The number of rotatable bonds is 4. The van der Waals surface area contributed by atoms with Gasteiger partial charge in [-0.15, -0.1) is 0 Å². The van der Waals surface area contributed by atoms with Crippen molar-refractivity contribution in [3.8, 4) is 0 Å². The summed E-state index contributed by atoms with van der Waals surface area (Å²) in [6.45, 7) is 0.197. The Morgan fingerprint density at radius 2 is 2.00 bits per heavy atom. The topological polar surface area (TPSA) is 26.3 Å². The molecule has 1 aromatic carbocycles. The van der Waals surface area contributed by atoms with Gasteiger partial charge in [-0.25, -0.2) is 0 Å². The van der Waals surface area contributed by atoms with Crippen LogP contribution in [-0.4, -0.2) is 19.5 Å². The first-order valence-electron chi connectivity index (χ1n) is 5.47. The van der Waals surface area contributed by atoms with Gasteiger partial charge in [-0.2, -0.15) is 0 Å². The van der Waals surface area contributed by atoms with Crippen LogP contribution in [0.2, 0.25) is 5.02 Å². The molecule has 0 aliphatic heterocycles. The van der Waals surface area contributed by atoms with E-state index in [2.05, 4.69) is 0 Å². The number of methoxy groups -OCH3 is 1. The van der Waals surface area contributed by atoms with Crippen LogP contribution < -0.4 is 0 Å². The molecule has 0 aromatic heterocycles. The second kappa shape index (κ2) is 4.56. The number of benzene rings is 1. The molecule has 3 heteroatoms. The van der Waals surface area contributed by atoms with Gasteiger partial charge in [0, 0.05) is 12.1 Å². The molecule has 86 valence electrons. The maximum absolute atomic E-state index is 12.1. The first-order valence-corrected chi connectivity index (χ1v) is 5.85. The van der Waals surface area contributed by atoms with E-state index < -0.39 is 0 Å². The number of hydrogen-bond donors (Lipinski definition) is 0. The van der Waals surface area contributed by atoms with Crippen LogP contribution in [-0.2, 0) is 14.9 Å². The summed E-state index contributed by atoms with van der Waals surface area (Å²) in [5, 5.41) is 0.706. The Bertz CT molecular complexity index is 379. The van der Waals surface area contributed by atoms with Gasteiger partial charge in [0.15, 0.2) is 5.78 Å². The zero-order chi connectivity index (χ0) is 11.6. The summed E-state index contributed by atoms with van der Waals surface area (Å²) < 4.78 is 4.96. The molecule has 0 heterocycles. The van der Waals surface area contributed by atoms with E-state index in [0.29, 0.717) is 5.02 Å². The molecule has 0 N–H and O–H groups in total. The zero-order valence-corrected chi connectivity index (χ0v) is 10.1. The van der Waals surface area contributed by atoms with E-state index in [-0.39, 0.29) is 17.8 Å². The van der Waals surface area contributed by atoms with Crippen molar-refractivity contribution in [2.45, 2.75) is 24.7 Å². The van der Waals surface area contributed by atoms with Gasteiger partial charge in [0.2, 0.25) is 0 Å². The largest absolute Gasteiger partial charge is 0.377 e. The Kier molecular flexibility index (Phi) is 3.31. The summed E-state index contributed by atoms with van der Waals surface area (Å²) in [7, 11) is 1.56. The highest BCUT2D eigenvalue weighted by atomic mass is 35.5. The summed E-state index contributed by atoms with van der Waals surface area (Å²) in [4.78, 5) is 12.1. The van der Waals surface area contributed by atoms with Gasteiger partial charge in [0.25, 0.3) is 0 Å². The SMILES string of the molecule is COCC(=O)C1(c2ccc(Cl)cc2)CCC1. The molecular weight excluding hydrogens is 224 g/mol. The molecule has 2 rings (SSSR count). The molecule has 0 saturated heterocycles. The van der Waals surface area contributed by atoms with Crippen molar-refractivity contribution in [2.24, 2.45) is 0 Å². The van der Waals surface area contributed by atoms with Crippen molar-refractivity contribution < 1.29 is 9.53 Å². The second-order valence-corrected chi connectivity index (χ2v) is 4.74. The van der Waals surface area contributed by atoms with Crippen LogP contribution in [0.1, 0.15) is 24.8 Å². The van der Waals surface area contributed by atoms with Crippen molar-refractivity contribution in [1.29, 1.82) is 0 Å². The third kappa shape index (κ3) is 1.87. The maximum Gasteiger partial charge on any atom is 0.168 e. The average molecular weight is 239 g/mol. The van der Waals surface area contributed by atoms with Crippen LogP contribution in [0, 0.1) is 0 Å². The van der Waals surface area contributed by atoms with Gasteiger partial charge < -0.3 is 4.74 Å². The molecule has 0 bridgehead atoms. The number of halogens is 1. The zero-order valence-electron chi connectivity index (χ0n) is 9.33. The lowest BCUT2D eigenvalue weighted by Gasteiger charge is -2.40. The predicted molar refractivity (Wildman–Crippen MR) is 63.9 cm³/mol. The molecule has 0 spiro atoms. The Hall–Kier alpha value is -0.860. The fourth-order valence-electron chi connectivity index (χ4n) is 2.30. The summed E-state index contributed by atoms with van der Waals surface area (Å²) >= 11 is 5.85. The number of ketones is 1. The predicted octanol–water partition coefficient (Wildman–Crippen LogP) is 2.98. The van der Waals surface area contributed by atoms with Gasteiger partial charge in [-0.3, -0.25) is 4.79 Å². The molecule has 1 fully saturated rings. The minimum absolute atomic E-state index is 0.184. The Labute approximate surface area is 101 Å². The van der Waals surface area contributed by atoms with Crippen molar-refractivity contribution in [3.63, 3.8) is 0 Å². The number of Topliss-reactive ketones (excluding diaryl/α,β-unsaturated/α-hetero) is 1. The van der Waals surface area contributed by atoms with Crippen LogP contribution in [0.25, 0.3) is 0 Å². The molecule has 16 heavy (non-hydrogen) atoms. The fraction of sp³-hybridized carbons (Fsp3) is 0.462. The first kappa shape index (κ1) is 11.6. The van der Waals surface area contributed by atoms with Gasteiger partial charge in [0.1, 0.15) is 6.61 Å². The molecule has 0 amide bonds. The standard InChI is InChI=1S/C13H15ClO2/c1-16-9-12(15)13(7-2-8-13)10-3-5-11(14)6-4-10/h3-6H,2,7-9H2,1H3. The average Bonchev–Trinajstić information content (AvgIpc) is 2.19. The molecule has 1 aromatic rings. The fourth-order valence-corrected chi connectivity index (χ4v) is 2.42. The summed E-state index contributed by atoms with van der Waals surface area (Å²) in [5.41, 5.74) is 0.769. The molecular formula is C13H15ClO2. The van der Waals surface area contributed by atoms with Gasteiger partial charge >= 0.3 is 0 Å². The van der Waals surface area contributed by atoms with E-state index in [4.69, 9.17) is 16.3 Å². The minimum Gasteiger partial charge on any atom is -0.377 e. The molecule has 0 radical (unpaired) electrons. The van der Waals surface area contributed by atoms with Crippen LogP contribution in [0.15, 0.2) is 24.3 Å². The second-order valence-electron chi connectivity index (χ2n) is 4.30. The Balaban J connectivity index is 2.27. The van der Waals surface area contributed by atoms with Crippen molar-refractivity contribution >= 4 is 17.4 Å². The highest BCUT2D eigenvalue weighted by Gasteiger charge is 2.44. The first-order chi connectivity index (χ1) is 7.69. The minimum atomic E-state index is -0.305. The van der Waals surface area contributed by atoms with Gasteiger partial charge in [0.05, 0.1) is 5.41 Å². The third-order valence-electron chi connectivity index (χ3n) is 3.41. The van der Waals surface area contributed by atoms with E-state index in [0.717, 1.165) is 24.8 Å². The quantitative estimate of drug-likeness (QED) is 0.806. The Morgan fingerprint density at radius 3 is 2.44 bits per heavy atom. The van der Waals surface area contributed by atoms with Crippen LogP contribution in [0.4, 0.5) is 0 Å². The molecule has 0 unspecified atom stereocenters. The molecule has 1 aliphatic rings. The molecule has 0 atom stereocenters. The normalized spacial score (nSPS) is 17.9. The maximum atomic E-state index is 12.1. The lowest BCUT2D eigenvalue weighted by Crippen LogP contribution is -2.44. The van der Waals surface area contributed by atoms with Crippen molar-refractivity contribution in [3.05, 3.63) is 34.9 Å². The molecule has 1 saturated carbocycles. The highest BCUT2D eigenvalue weighted by Crippen LogP contribution is 2.44. The summed E-state index contributed by atoms with van der Waals surface area (Å²) in [6, 6.07) is 7.60. The van der Waals surface area contributed by atoms with Gasteiger partial charge in [-0.1, -0.05) is 30.2 Å². The molecule has 2 nitrogen and oxygen atoms in total. The van der Waals surface area contributed by atoms with E-state index in [1.165, 1.54) is 0 Å². The monoisotopic (exact) mass is 238 g/mol. The highest BCUT2D eigenvalue weighted by molar-refractivity contribution is 6.30. The van der Waals surface area contributed by atoms with Crippen molar-refractivity contribution in [2.75, 3.05) is 13.7 Å². The number of carbonyl (C=O) groups is 1. The lowest BCUT2D eigenvalue weighted by atomic mass is 9.62. The van der Waals surface area contributed by atoms with Crippen LogP contribution in [0.5, 0.6) is 0 Å². The van der Waals surface area contributed by atoms with Crippen molar-refractivity contribution in [1.82, 2.24) is 0 Å². The van der Waals surface area contributed by atoms with Crippen LogP contribution in [0.3, 0.4) is 0 Å². The van der Waals surface area contributed by atoms with E-state index in [1.807, 2.05) is 24.3 Å². The number of hydrogen-bond acceptors (Lipinski definition) is 2. The van der Waals surface area contributed by atoms with Gasteiger partial charge in [-0.05, 0) is 30.5 Å². The summed E-state index contributed by atoms with van der Waals surface area (Å²) in [6.07, 6.45) is 2.96. The van der Waals surface area contributed by atoms with Crippen LogP contribution >= 0.6 is 11.6 Å².